The van der Waals surface area contributed by atoms with Gasteiger partial charge in [-0.25, -0.2) is 0 Å². The van der Waals surface area contributed by atoms with E-state index in [4.69, 9.17) is 0 Å². The van der Waals surface area contributed by atoms with Crippen LogP contribution in [0.4, 0.5) is 17.1 Å². The highest BCUT2D eigenvalue weighted by atomic mass is 15.1. The first kappa shape index (κ1) is 37.6. The number of aromatic nitrogens is 1. The summed E-state index contributed by atoms with van der Waals surface area (Å²) < 4.78 is 2.50. The molecule has 0 atom stereocenters. The first-order valence-corrected chi connectivity index (χ1v) is 22.3. The van der Waals surface area contributed by atoms with E-state index in [0.29, 0.717) is 0 Å². The number of hydrogen-bond acceptors (Lipinski definition) is 1. The lowest BCUT2D eigenvalue weighted by Crippen LogP contribution is -2.10. The molecule has 2 nitrogen and oxygen atoms in total. The van der Waals surface area contributed by atoms with Gasteiger partial charge in [-0.1, -0.05) is 182 Å². The zero-order valence-electron chi connectivity index (χ0n) is 35.4. The molecule has 0 aliphatic heterocycles. The number of aryl methyl sites for hydroxylation is 2. The van der Waals surface area contributed by atoms with Crippen LogP contribution in [0.2, 0.25) is 0 Å². The average molecular weight is 817 g/mol. The van der Waals surface area contributed by atoms with E-state index in [1.54, 1.807) is 0 Å². The van der Waals surface area contributed by atoms with Gasteiger partial charge >= 0.3 is 0 Å². The number of fused-ring (bicyclic) bond motifs is 6. The zero-order chi connectivity index (χ0) is 42.4. The minimum atomic E-state index is 0.989. The third kappa shape index (κ3) is 6.60. The Balaban J connectivity index is 1.07. The van der Waals surface area contributed by atoms with Gasteiger partial charge in [0, 0.05) is 33.7 Å². The predicted octanol–water partition coefficient (Wildman–Crippen LogP) is 16.7. The second-order valence-corrected chi connectivity index (χ2v) is 16.8. The Kier molecular flexibility index (Phi) is 9.34. The summed E-state index contributed by atoms with van der Waals surface area (Å²) in [7, 11) is 0. The largest absolute Gasteiger partial charge is 0.310 e. The van der Waals surface area contributed by atoms with E-state index in [1.165, 1.54) is 94.3 Å². The van der Waals surface area contributed by atoms with E-state index in [2.05, 4.69) is 252 Å². The molecule has 0 saturated heterocycles. The molecule has 0 radical (unpaired) electrons. The molecule has 0 fully saturated rings. The van der Waals surface area contributed by atoms with E-state index in [0.717, 1.165) is 29.9 Å². The highest BCUT2D eigenvalue weighted by Gasteiger charge is 2.27. The summed E-state index contributed by atoms with van der Waals surface area (Å²) in [5, 5.41) is 3.83. The van der Waals surface area contributed by atoms with E-state index in [-0.39, 0.29) is 0 Å². The summed E-state index contributed by atoms with van der Waals surface area (Å²) in [6.07, 6.45) is 2.01. The van der Waals surface area contributed by atoms with Crippen LogP contribution in [-0.4, -0.2) is 4.57 Å². The maximum Gasteiger partial charge on any atom is 0.0576 e. The molecule has 10 aromatic carbocycles. The van der Waals surface area contributed by atoms with Crippen LogP contribution in [0.25, 0.3) is 83.1 Å². The van der Waals surface area contributed by atoms with Crippen molar-refractivity contribution < 1.29 is 0 Å². The van der Waals surface area contributed by atoms with E-state index in [1.807, 2.05) is 0 Å². The van der Waals surface area contributed by atoms with Gasteiger partial charge in [0.15, 0.2) is 0 Å². The van der Waals surface area contributed by atoms with Crippen LogP contribution in [0.3, 0.4) is 0 Å². The summed E-state index contributed by atoms with van der Waals surface area (Å²) in [5.41, 5.74) is 20.7. The first-order valence-electron chi connectivity index (χ1n) is 22.3. The van der Waals surface area contributed by atoms with Crippen LogP contribution in [-0.2, 0) is 12.8 Å². The van der Waals surface area contributed by atoms with Crippen LogP contribution in [0, 0.1) is 0 Å². The number of nitrogens with zero attached hydrogens (tertiary/aromatic N) is 2. The molecule has 2 heteroatoms. The lowest BCUT2D eigenvalue weighted by molar-refractivity contribution is 0.934. The second-order valence-electron chi connectivity index (χ2n) is 16.8. The molecule has 0 amide bonds. The third-order valence-corrected chi connectivity index (χ3v) is 13.1. The number of benzene rings is 10. The lowest BCUT2D eigenvalue weighted by Gasteiger charge is -2.28. The van der Waals surface area contributed by atoms with Crippen molar-refractivity contribution in [3.8, 4) is 61.5 Å². The monoisotopic (exact) mass is 816 g/mol. The molecule has 1 aliphatic rings. The van der Waals surface area contributed by atoms with E-state index >= 15 is 0 Å². The molecule has 11 aromatic rings. The van der Waals surface area contributed by atoms with Gasteiger partial charge in [0.05, 0.1) is 11.2 Å². The summed E-state index contributed by atoms with van der Waals surface area (Å²) in [4.78, 5) is 2.44. The van der Waals surface area contributed by atoms with Crippen LogP contribution in [0.1, 0.15) is 11.1 Å². The number of anilines is 3. The molecular weight excluding hydrogens is 773 g/mol. The molecule has 12 rings (SSSR count). The Labute approximate surface area is 374 Å². The molecule has 1 aliphatic carbocycles. The molecule has 0 unspecified atom stereocenters. The van der Waals surface area contributed by atoms with Gasteiger partial charge in [0.2, 0.25) is 0 Å². The van der Waals surface area contributed by atoms with Crippen molar-refractivity contribution in [2.24, 2.45) is 0 Å². The van der Waals surface area contributed by atoms with Crippen molar-refractivity contribution in [2.75, 3.05) is 4.90 Å². The average Bonchev–Trinajstić information content (AvgIpc) is 3.73. The van der Waals surface area contributed by atoms with Gasteiger partial charge in [0.25, 0.3) is 0 Å². The fraction of sp³-hybridized carbons (Fsp3) is 0.0323. The van der Waals surface area contributed by atoms with Crippen molar-refractivity contribution in [1.29, 1.82) is 0 Å². The minimum absolute atomic E-state index is 0.989. The molecule has 0 bridgehead atoms. The molecule has 64 heavy (non-hydrogen) atoms. The fourth-order valence-electron chi connectivity index (χ4n) is 10.1. The van der Waals surface area contributed by atoms with Crippen molar-refractivity contribution in [2.45, 2.75) is 12.8 Å². The van der Waals surface area contributed by atoms with Gasteiger partial charge in [-0.05, 0) is 140 Å². The van der Waals surface area contributed by atoms with Gasteiger partial charge in [-0.15, -0.1) is 0 Å². The zero-order valence-corrected chi connectivity index (χ0v) is 35.4. The lowest BCUT2D eigenvalue weighted by atomic mass is 9.87. The van der Waals surface area contributed by atoms with Gasteiger partial charge in [0.1, 0.15) is 0 Å². The minimum Gasteiger partial charge on any atom is -0.310 e. The molecule has 1 heterocycles. The van der Waals surface area contributed by atoms with Crippen molar-refractivity contribution in [1.82, 2.24) is 4.57 Å². The van der Waals surface area contributed by atoms with Crippen molar-refractivity contribution >= 4 is 38.7 Å². The first-order chi connectivity index (χ1) is 31.7. The quantitative estimate of drug-likeness (QED) is 0.148. The van der Waals surface area contributed by atoms with Crippen LogP contribution in [0.5, 0.6) is 0 Å². The number of rotatable bonds is 8. The maximum atomic E-state index is 2.50. The van der Waals surface area contributed by atoms with Crippen LogP contribution in [0.15, 0.2) is 243 Å². The summed E-state index contributed by atoms with van der Waals surface area (Å²) >= 11 is 0. The Bertz CT molecular complexity index is 3410. The van der Waals surface area contributed by atoms with Gasteiger partial charge < -0.3 is 9.47 Å². The van der Waals surface area contributed by atoms with Crippen LogP contribution >= 0.6 is 0 Å². The Morgan fingerprint density at radius 3 is 1.69 bits per heavy atom. The standard InChI is InChI=1S/C62H44N2/c1-4-17-43(18-5-1)49-39-50(44-19-6-2-7-20-44)42-54(41-49)63(52-36-33-47(34-37-52)56-30-15-23-45-21-10-12-28-55(45)56)53-27-14-24-48(40-53)57-31-16-32-60-61(57)59-38-35-46-22-11-13-29-58(46)62(59)64(60)51-25-8-3-9-26-51/h1-34,36-37,39-42H,35,38H2. The molecule has 0 saturated carbocycles. The smallest absolute Gasteiger partial charge is 0.0576 e. The third-order valence-electron chi connectivity index (χ3n) is 13.1. The normalized spacial score (nSPS) is 11.9. The van der Waals surface area contributed by atoms with Gasteiger partial charge in [-0.2, -0.15) is 0 Å². The molecule has 1 aromatic heterocycles. The van der Waals surface area contributed by atoms with Crippen LogP contribution < -0.4 is 4.90 Å². The Hall–Kier alpha value is -8.20. The van der Waals surface area contributed by atoms with E-state index in [9.17, 15) is 0 Å². The Morgan fingerprint density at radius 1 is 0.344 bits per heavy atom. The number of para-hydroxylation sites is 1. The highest BCUT2D eigenvalue weighted by Crippen LogP contribution is 2.47. The molecular formula is C62H44N2. The number of hydrogen-bond donors (Lipinski definition) is 0. The van der Waals surface area contributed by atoms with Gasteiger partial charge in [-0.3, -0.25) is 0 Å². The summed E-state index contributed by atoms with van der Waals surface area (Å²) in [6, 6.07) is 88.8. The summed E-state index contributed by atoms with van der Waals surface area (Å²) in [5.74, 6) is 0. The Morgan fingerprint density at radius 2 is 0.922 bits per heavy atom. The molecule has 0 spiro atoms. The second kappa shape index (κ2) is 15.9. The topological polar surface area (TPSA) is 8.17 Å². The van der Waals surface area contributed by atoms with E-state index < -0.39 is 0 Å². The highest BCUT2D eigenvalue weighted by molar-refractivity contribution is 6.05. The maximum absolute atomic E-state index is 2.50. The van der Waals surface area contributed by atoms with Crippen molar-refractivity contribution in [3.05, 3.63) is 254 Å². The van der Waals surface area contributed by atoms with Crippen molar-refractivity contribution in [3.63, 3.8) is 0 Å². The molecule has 0 N–H and O–H groups in total. The summed E-state index contributed by atoms with van der Waals surface area (Å²) in [6.45, 7) is 0. The molecule has 302 valence electrons. The fourth-order valence-corrected chi connectivity index (χ4v) is 10.1. The SMILES string of the molecule is c1ccc(-c2cc(-c3ccccc3)cc(N(c3ccc(-c4cccc5ccccc45)cc3)c3cccc(-c4cccc5c4c4c(n5-c5ccccc5)-c5ccccc5CC4)c3)c2)cc1. The predicted molar refractivity (Wildman–Crippen MR) is 270 cm³/mol.